The van der Waals surface area contributed by atoms with Crippen molar-refractivity contribution in [1.29, 1.82) is 0 Å². The van der Waals surface area contributed by atoms with Gasteiger partial charge in [0, 0.05) is 6.07 Å². The highest BCUT2D eigenvalue weighted by molar-refractivity contribution is 5.81. The molecule has 0 aliphatic rings. The SMILES string of the molecule is Cc1cc(C)cc(Oc2c(C(F)(F)F)oc3cc(OC(=O)CC(C)(C)C)ccc3c2=O)c1. The van der Waals surface area contributed by atoms with Gasteiger partial charge in [-0.05, 0) is 54.7 Å². The van der Waals surface area contributed by atoms with Crippen LogP contribution < -0.4 is 14.9 Å². The third kappa shape index (κ3) is 5.49. The largest absolute Gasteiger partial charge is 0.453 e. The molecule has 0 radical (unpaired) electrons. The van der Waals surface area contributed by atoms with Crippen molar-refractivity contribution >= 4 is 16.9 Å². The molecule has 0 atom stereocenters. The monoisotopic (exact) mass is 448 g/mol. The highest BCUT2D eigenvalue weighted by Crippen LogP contribution is 2.39. The molecule has 3 aromatic rings. The number of halogens is 3. The van der Waals surface area contributed by atoms with Gasteiger partial charge < -0.3 is 13.9 Å². The van der Waals surface area contributed by atoms with Gasteiger partial charge in [0.1, 0.15) is 17.1 Å². The van der Waals surface area contributed by atoms with Crippen LogP contribution in [-0.2, 0) is 11.0 Å². The molecule has 0 aliphatic heterocycles. The smallest absolute Gasteiger partial charge is 0.449 e. The molecule has 8 heteroatoms. The van der Waals surface area contributed by atoms with Crippen LogP contribution in [0.1, 0.15) is 44.1 Å². The minimum Gasteiger partial charge on any atom is -0.449 e. The van der Waals surface area contributed by atoms with Gasteiger partial charge in [-0.1, -0.05) is 26.8 Å². The summed E-state index contributed by atoms with van der Waals surface area (Å²) in [7, 11) is 0. The number of fused-ring (bicyclic) bond motifs is 1. The van der Waals surface area contributed by atoms with Gasteiger partial charge in [0.15, 0.2) is 0 Å². The van der Waals surface area contributed by atoms with Crippen LogP contribution in [0.15, 0.2) is 45.6 Å². The lowest BCUT2D eigenvalue weighted by Crippen LogP contribution is -2.18. The Morgan fingerprint density at radius 2 is 1.59 bits per heavy atom. The zero-order chi connectivity index (χ0) is 23.8. The summed E-state index contributed by atoms with van der Waals surface area (Å²) in [5.41, 5.74) is -0.146. The molecular weight excluding hydrogens is 425 g/mol. The number of carbonyl (C=O) groups excluding carboxylic acids is 1. The van der Waals surface area contributed by atoms with Gasteiger partial charge in [0.05, 0.1) is 11.8 Å². The Hall–Kier alpha value is -3.29. The molecule has 0 aliphatic carbocycles. The summed E-state index contributed by atoms with van der Waals surface area (Å²) in [6.07, 6.45) is -4.88. The highest BCUT2D eigenvalue weighted by Gasteiger charge is 2.40. The van der Waals surface area contributed by atoms with Gasteiger partial charge in [-0.3, -0.25) is 9.59 Å². The average molecular weight is 448 g/mol. The van der Waals surface area contributed by atoms with Crippen molar-refractivity contribution in [3.05, 3.63) is 63.5 Å². The molecule has 32 heavy (non-hydrogen) atoms. The Labute approximate surface area is 182 Å². The molecule has 0 amide bonds. The molecule has 5 nitrogen and oxygen atoms in total. The minimum atomic E-state index is -4.99. The summed E-state index contributed by atoms with van der Waals surface area (Å²) in [4.78, 5) is 25.0. The van der Waals surface area contributed by atoms with E-state index in [4.69, 9.17) is 13.9 Å². The maximum Gasteiger partial charge on any atom is 0.453 e. The lowest BCUT2D eigenvalue weighted by atomic mass is 9.92. The van der Waals surface area contributed by atoms with Crippen LogP contribution in [0.5, 0.6) is 17.2 Å². The summed E-state index contributed by atoms with van der Waals surface area (Å²) in [6, 6.07) is 8.53. The van der Waals surface area contributed by atoms with Crippen LogP contribution in [0.2, 0.25) is 0 Å². The van der Waals surface area contributed by atoms with E-state index in [1.165, 1.54) is 24.3 Å². The number of hydrogen-bond acceptors (Lipinski definition) is 5. The number of benzene rings is 2. The summed E-state index contributed by atoms with van der Waals surface area (Å²) in [6.45, 7) is 9.06. The lowest BCUT2D eigenvalue weighted by molar-refractivity contribution is -0.154. The van der Waals surface area contributed by atoms with E-state index in [1.54, 1.807) is 13.8 Å². The van der Waals surface area contributed by atoms with Crippen LogP contribution >= 0.6 is 0 Å². The molecule has 0 unspecified atom stereocenters. The number of aryl methyl sites for hydroxylation is 2. The highest BCUT2D eigenvalue weighted by atomic mass is 19.4. The summed E-state index contributed by atoms with van der Waals surface area (Å²) in [5.74, 6) is -3.00. The van der Waals surface area contributed by atoms with Crippen molar-refractivity contribution in [2.75, 3.05) is 0 Å². The molecule has 0 fully saturated rings. The maximum atomic E-state index is 13.7. The van der Waals surface area contributed by atoms with Gasteiger partial charge in [0.25, 0.3) is 5.76 Å². The van der Waals surface area contributed by atoms with Gasteiger partial charge in [0.2, 0.25) is 11.2 Å². The Morgan fingerprint density at radius 3 is 2.16 bits per heavy atom. The molecule has 170 valence electrons. The molecule has 2 aromatic carbocycles. The normalized spacial score (nSPS) is 12.1. The summed E-state index contributed by atoms with van der Waals surface area (Å²) in [5, 5.41) is -0.131. The zero-order valence-corrected chi connectivity index (χ0v) is 18.3. The first-order valence-corrected chi connectivity index (χ1v) is 9.88. The van der Waals surface area contributed by atoms with Gasteiger partial charge in [-0.2, -0.15) is 13.2 Å². The van der Waals surface area contributed by atoms with Crippen LogP contribution in [0.4, 0.5) is 13.2 Å². The zero-order valence-electron chi connectivity index (χ0n) is 18.3. The fraction of sp³-hybridized carbons (Fsp3) is 0.333. The number of alkyl halides is 3. The Kier molecular flexibility index (Phi) is 6.09. The number of esters is 1. The summed E-state index contributed by atoms with van der Waals surface area (Å²) >= 11 is 0. The lowest BCUT2D eigenvalue weighted by Gasteiger charge is -2.17. The molecule has 0 saturated heterocycles. The van der Waals surface area contributed by atoms with E-state index < -0.39 is 29.1 Å². The Bertz CT molecular complexity index is 1210. The fourth-order valence-electron chi connectivity index (χ4n) is 3.21. The quantitative estimate of drug-likeness (QED) is 0.334. The van der Waals surface area contributed by atoms with Crippen molar-refractivity contribution in [1.82, 2.24) is 0 Å². The second kappa shape index (κ2) is 8.33. The first-order valence-electron chi connectivity index (χ1n) is 9.88. The second-order valence-electron chi connectivity index (χ2n) is 8.88. The Morgan fingerprint density at radius 1 is 0.969 bits per heavy atom. The van der Waals surface area contributed by atoms with Crippen molar-refractivity contribution in [2.24, 2.45) is 5.41 Å². The number of ether oxygens (including phenoxy) is 2. The van der Waals surface area contributed by atoms with Gasteiger partial charge in [-0.15, -0.1) is 0 Å². The predicted molar refractivity (Wildman–Crippen MR) is 113 cm³/mol. The molecule has 0 spiro atoms. The van der Waals surface area contributed by atoms with E-state index in [0.717, 1.165) is 17.2 Å². The molecule has 0 N–H and O–H groups in total. The number of hydrogen-bond donors (Lipinski definition) is 0. The molecule has 1 heterocycles. The van der Waals surface area contributed by atoms with E-state index in [1.807, 2.05) is 26.8 Å². The van der Waals surface area contributed by atoms with Crippen molar-refractivity contribution < 1.29 is 31.9 Å². The number of rotatable bonds is 4. The van der Waals surface area contributed by atoms with E-state index >= 15 is 0 Å². The summed E-state index contributed by atoms with van der Waals surface area (Å²) < 4.78 is 56.8. The van der Waals surface area contributed by atoms with Crippen molar-refractivity contribution in [3.63, 3.8) is 0 Å². The van der Waals surface area contributed by atoms with Crippen LogP contribution in [0.3, 0.4) is 0 Å². The predicted octanol–water partition coefficient (Wildman–Crippen LogP) is 6.56. The third-order valence-electron chi connectivity index (χ3n) is 4.40. The molecule has 0 saturated carbocycles. The van der Waals surface area contributed by atoms with Crippen LogP contribution in [0.25, 0.3) is 11.0 Å². The first kappa shape index (κ1) is 23.4. The van der Waals surface area contributed by atoms with Crippen molar-refractivity contribution in [3.8, 4) is 17.2 Å². The van der Waals surface area contributed by atoms with Crippen molar-refractivity contribution in [2.45, 2.75) is 47.2 Å². The second-order valence-corrected chi connectivity index (χ2v) is 8.88. The number of carbonyl (C=O) groups is 1. The van der Waals surface area contributed by atoms with E-state index in [9.17, 15) is 22.8 Å². The van der Waals surface area contributed by atoms with Crippen LogP contribution in [0, 0.1) is 19.3 Å². The van der Waals surface area contributed by atoms with Gasteiger partial charge in [-0.25, -0.2) is 0 Å². The van der Waals surface area contributed by atoms with E-state index in [2.05, 4.69) is 0 Å². The molecule has 0 bridgehead atoms. The van der Waals surface area contributed by atoms with E-state index in [0.29, 0.717) is 0 Å². The molecule has 1 aromatic heterocycles. The Balaban J connectivity index is 2.08. The van der Waals surface area contributed by atoms with Crippen LogP contribution in [-0.4, -0.2) is 5.97 Å². The van der Waals surface area contributed by atoms with E-state index in [-0.39, 0.29) is 34.3 Å². The standard InChI is InChI=1S/C24H23F3O5/c1-13-8-14(2)10-16(9-13)31-21-20(29)17-7-6-15(30-19(28)12-23(3,4)5)11-18(17)32-22(21)24(25,26)27/h6-11H,12H2,1-5H3. The molecule has 3 rings (SSSR count). The first-order chi connectivity index (χ1) is 14.7. The minimum absolute atomic E-state index is 0.0222. The molecular formula is C24H23F3O5. The topological polar surface area (TPSA) is 65.7 Å². The fourth-order valence-corrected chi connectivity index (χ4v) is 3.21. The third-order valence-corrected chi connectivity index (χ3v) is 4.40. The van der Waals surface area contributed by atoms with Gasteiger partial charge >= 0.3 is 12.1 Å². The average Bonchev–Trinajstić information content (AvgIpc) is 2.60. The maximum absolute atomic E-state index is 13.7.